The molecule has 0 aliphatic carbocycles. The van der Waals surface area contributed by atoms with Gasteiger partial charge in [0.1, 0.15) is 5.75 Å². The van der Waals surface area contributed by atoms with Crippen molar-refractivity contribution in [2.45, 2.75) is 20.3 Å². The van der Waals surface area contributed by atoms with E-state index in [0.29, 0.717) is 6.42 Å². The van der Waals surface area contributed by atoms with Crippen molar-refractivity contribution in [3.63, 3.8) is 0 Å². The average molecular weight is 301 g/mol. The first-order valence-electron chi connectivity index (χ1n) is 5.51. The smallest absolute Gasteiger partial charge is 0.306 e. The van der Waals surface area contributed by atoms with E-state index in [1.165, 1.54) is 0 Å². The van der Waals surface area contributed by atoms with Gasteiger partial charge in [-0.05, 0) is 36.1 Å². The molecule has 0 bridgehead atoms. The second kappa shape index (κ2) is 6.05. The van der Waals surface area contributed by atoms with Crippen LogP contribution in [0.4, 0.5) is 0 Å². The molecule has 2 unspecified atom stereocenters. The zero-order valence-corrected chi connectivity index (χ0v) is 11.8. The van der Waals surface area contributed by atoms with Gasteiger partial charge in [0.25, 0.3) is 0 Å². The van der Waals surface area contributed by atoms with E-state index in [1.54, 1.807) is 14.0 Å². The van der Waals surface area contributed by atoms with Crippen molar-refractivity contribution in [1.29, 1.82) is 0 Å². The summed E-state index contributed by atoms with van der Waals surface area (Å²) in [4.78, 5) is 10.9. The molecule has 0 heterocycles. The van der Waals surface area contributed by atoms with Crippen molar-refractivity contribution in [3.8, 4) is 5.75 Å². The Labute approximate surface area is 110 Å². The van der Waals surface area contributed by atoms with E-state index in [0.717, 1.165) is 15.8 Å². The third kappa shape index (κ3) is 3.73. The van der Waals surface area contributed by atoms with Gasteiger partial charge < -0.3 is 9.84 Å². The number of benzene rings is 1. The normalized spacial score (nSPS) is 14.1. The molecule has 1 rings (SSSR count). The molecular formula is C13H17BrO3. The third-order valence-electron chi connectivity index (χ3n) is 3.03. The zero-order chi connectivity index (χ0) is 13.0. The van der Waals surface area contributed by atoms with Crippen LogP contribution in [0.25, 0.3) is 0 Å². The number of aliphatic carboxylic acids is 1. The summed E-state index contributed by atoms with van der Waals surface area (Å²) in [5.74, 6) is -0.251. The number of rotatable bonds is 5. The standard InChI is InChI=1S/C13H17BrO3/c1-8(9(2)13(15)16)6-10-7-11(14)4-5-12(10)17-3/h4-5,7-9H,6H2,1-3H3,(H,15,16). The van der Waals surface area contributed by atoms with E-state index in [2.05, 4.69) is 15.9 Å². The Bertz CT molecular complexity index is 404. The fraction of sp³-hybridized carbons (Fsp3) is 0.462. The Balaban J connectivity index is 2.86. The van der Waals surface area contributed by atoms with E-state index in [9.17, 15) is 4.79 Å². The lowest BCUT2D eigenvalue weighted by Crippen LogP contribution is -2.20. The molecule has 1 N–H and O–H groups in total. The van der Waals surface area contributed by atoms with Crippen LogP contribution in [0, 0.1) is 11.8 Å². The first-order valence-corrected chi connectivity index (χ1v) is 6.30. The molecule has 1 aromatic carbocycles. The molecule has 0 aliphatic heterocycles. The number of methoxy groups -OCH3 is 1. The van der Waals surface area contributed by atoms with Gasteiger partial charge in [0, 0.05) is 4.47 Å². The highest BCUT2D eigenvalue weighted by Crippen LogP contribution is 2.27. The average Bonchev–Trinajstić information content (AvgIpc) is 2.28. The molecule has 1 aromatic rings. The number of carboxylic acids is 1. The predicted molar refractivity (Wildman–Crippen MR) is 70.4 cm³/mol. The summed E-state index contributed by atoms with van der Waals surface area (Å²) in [6.45, 7) is 3.68. The lowest BCUT2D eigenvalue weighted by Gasteiger charge is -2.17. The fourth-order valence-electron chi connectivity index (χ4n) is 1.67. The summed E-state index contributed by atoms with van der Waals surface area (Å²) in [7, 11) is 1.62. The van der Waals surface area contributed by atoms with Gasteiger partial charge in [-0.3, -0.25) is 4.79 Å². The van der Waals surface area contributed by atoms with Crippen LogP contribution >= 0.6 is 15.9 Å². The van der Waals surface area contributed by atoms with Crippen LogP contribution in [0.3, 0.4) is 0 Å². The molecule has 0 saturated heterocycles. The monoisotopic (exact) mass is 300 g/mol. The van der Waals surface area contributed by atoms with Crippen LogP contribution in [0.1, 0.15) is 19.4 Å². The summed E-state index contributed by atoms with van der Waals surface area (Å²) in [6, 6.07) is 5.77. The lowest BCUT2D eigenvalue weighted by atomic mass is 9.89. The highest BCUT2D eigenvalue weighted by molar-refractivity contribution is 9.10. The quantitative estimate of drug-likeness (QED) is 0.907. The van der Waals surface area contributed by atoms with E-state index >= 15 is 0 Å². The maximum absolute atomic E-state index is 10.9. The van der Waals surface area contributed by atoms with Gasteiger partial charge in [0.05, 0.1) is 13.0 Å². The number of halogens is 1. The minimum atomic E-state index is -0.758. The molecule has 3 nitrogen and oxygen atoms in total. The number of hydrogen-bond donors (Lipinski definition) is 1. The molecule has 4 heteroatoms. The van der Waals surface area contributed by atoms with Crippen LogP contribution in [-0.2, 0) is 11.2 Å². The Kier molecular flexibility index (Phi) is 5.00. The Morgan fingerprint density at radius 2 is 2.12 bits per heavy atom. The van der Waals surface area contributed by atoms with Crippen molar-refractivity contribution in [1.82, 2.24) is 0 Å². The summed E-state index contributed by atoms with van der Waals surface area (Å²) in [5, 5.41) is 8.97. The van der Waals surface area contributed by atoms with Crippen LogP contribution in [-0.4, -0.2) is 18.2 Å². The molecule has 0 fully saturated rings. The molecule has 0 spiro atoms. The van der Waals surface area contributed by atoms with Crippen LogP contribution in [0.2, 0.25) is 0 Å². The number of carbonyl (C=O) groups is 1. The van der Waals surface area contributed by atoms with Gasteiger partial charge in [-0.1, -0.05) is 29.8 Å². The van der Waals surface area contributed by atoms with Crippen molar-refractivity contribution in [2.24, 2.45) is 11.8 Å². The predicted octanol–water partition coefficient (Wildman–Crippen LogP) is 3.36. The summed E-state index contributed by atoms with van der Waals surface area (Å²) in [6.07, 6.45) is 0.691. The Hall–Kier alpha value is -1.03. The summed E-state index contributed by atoms with van der Waals surface area (Å²) >= 11 is 3.41. The topological polar surface area (TPSA) is 46.5 Å². The third-order valence-corrected chi connectivity index (χ3v) is 3.52. The number of hydrogen-bond acceptors (Lipinski definition) is 2. The van der Waals surface area contributed by atoms with E-state index in [-0.39, 0.29) is 11.8 Å². The van der Waals surface area contributed by atoms with Gasteiger partial charge in [0.15, 0.2) is 0 Å². The van der Waals surface area contributed by atoms with Crippen LogP contribution in [0.15, 0.2) is 22.7 Å². The molecule has 2 atom stereocenters. The number of ether oxygens (including phenoxy) is 1. The van der Waals surface area contributed by atoms with Gasteiger partial charge >= 0.3 is 5.97 Å². The van der Waals surface area contributed by atoms with E-state index in [1.807, 2.05) is 25.1 Å². The Morgan fingerprint density at radius 1 is 1.47 bits per heavy atom. The van der Waals surface area contributed by atoms with Gasteiger partial charge in [-0.15, -0.1) is 0 Å². The fourth-order valence-corrected chi connectivity index (χ4v) is 2.08. The highest BCUT2D eigenvalue weighted by Gasteiger charge is 2.20. The molecule has 0 aliphatic rings. The van der Waals surface area contributed by atoms with Gasteiger partial charge in [-0.2, -0.15) is 0 Å². The van der Waals surface area contributed by atoms with E-state index < -0.39 is 5.97 Å². The first-order chi connectivity index (χ1) is 7.95. The Morgan fingerprint density at radius 3 is 2.65 bits per heavy atom. The molecule has 0 aromatic heterocycles. The van der Waals surface area contributed by atoms with Gasteiger partial charge in [-0.25, -0.2) is 0 Å². The summed E-state index contributed by atoms with van der Waals surface area (Å²) < 4.78 is 6.25. The highest BCUT2D eigenvalue weighted by atomic mass is 79.9. The molecular weight excluding hydrogens is 284 g/mol. The summed E-state index contributed by atoms with van der Waals surface area (Å²) in [5.41, 5.74) is 1.03. The van der Waals surface area contributed by atoms with Crippen LogP contribution in [0.5, 0.6) is 5.75 Å². The maximum atomic E-state index is 10.9. The van der Waals surface area contributed by atoms with Crippen molar-refractivity contribution in [2.75, 3.05) is 7.11 Å². The minimum Gasteiger partial charge on any atom is -0.496 e. The molecule has 0 amide bonds. The molecule has 17 heavy (non-hydrogen) atoms. The molecule has 0 radical (unpaired) electrons. The van der Waals surface area contributed by atoms with Crippen molar-refractivity contribution >= 4 is 21.9 Å². The molecule has 94 valence electrons. The SMILES string of the molecule is COc1ccc(Br)cc1CC(C)C(C)C(=O)O. The molecule has 0 saturated carbocycles. The maximum Gasteiger partial charge on any atom is 0.306 e. The zero-order valence-electron chi connectivity index (χ0n) is 10.2. The van der Waals surface area contributed by atoms with Crippen molar-refractivity contribution in [3.05, 3.63) is 28.2 Å². The number of carboxylic acid groups (broad SMARTS) is 1. The largest absolute Gasteiger partial charge is 0.496 e. The first kappa shape index (κ1) is 14.0. The van der Waals surface area contributed by atoms with Gasteiger partial charge in [0.2, 0.25) is 0 Å². The van der Waals surface area contributed by atoms with Crippen LogP contribution < -0.4 is 4.74 Å². The second-order valence-corrected chi connectivity index (χ2v) is 5.18. The minimum absolute atomic E-state index is 0.0655. The lowest BCUT2D eigenvalue weighted by molar-refractivity contribution is -0.142. The second-order valence-electron chi connectivity index (χ2n) is 4.26. The van der Waals surface area contributed by atoms with E-state index in [4.69, 9.17) is 9.84 Å². The van der Waals surface area contributed by atoms with Crippen molar-refractivity contribution < 1.29 is 14.6 Å².